The molecule has 0 bridgehead atoms. The zero-order valence-corrected chi connectivity index (χ0v) is 15.5. The number of methoxy groups -OCH3 is 2. The van der Waals surface area contributed by atoms with E-state index < -0.39 is 34.4 Å². The van der Waals surface area contributed by atoms with Crippen molar-refractivity contribution in [3.8, 4) is 11.5 Å². The van der Waals surface area contributed by atoms with Crippen LogP contribution >= 0.6 is 0 Å². The summed E-state index contributed by atoms with van der Waals surface area (Å²) in [6.45, 7) is 0. The molecule has 10 nitrogen and oxygen atoms in total. The Kier molecular flexibility index (Phi) is 5.35. The van der Waals surface area contributed by atoms with Crippen molar-refractivity contribution < 1.29 is 29.1 Å². The Morgan fingerprint density at radius 2 is 1.90 bits per heavy atom. The van der Waals surface area contributed by atoms with Crippen molar-refractivity contribution in [1.29, 1.82) is 0 Å². The average Bonchev–Trinajstić information content (AvgIpc) is 2.73. The van der Waals surface area contributed by atoms with Crippen LogP contribution in [-0.2, 0) is 9.53 Å². The summed E-state index contributed by atoms with van der Waals surface area (Å²) in [7, 11) is 2.42. The van der Waals surface area contributed by atoms with Crippen molar-refractivity contribution in [2.45, 2.75) is 6.04 Å². The van der Waals surface area contributed by atoms with Gasteiger partial charge in [-0.2, -0.15) is 0 Å². The fourth-order valence-corrected chi connectivity index (χ4v) is 3.05. The van der Waals surface area contributed by atoms with Gasteiger partial charge in [0.25, 0.3) is 0 Å². The molecule has 150 valence electrons. The molecule has 1 heterocycles. The highest BCUT2D eigenvalue weighted by atomic mass is 16.6. The van der Waals surface area contributed by atoms with Crippen LogP contribution in [0.3, 0.4) is 0 Å². The van der Waals surface area contributed by atoms with Crippen molar-refractivity contribution in [1.82, 2.24) is 10.6 Å². The second kappa shape index (κ2) is 7.89. The maximum Gasteiger partial charge on any atom is 0.338 e. The van der Waals surface area contributed by atoms with Gasteiger partial charge in [-0.25, -0.2) is 9.59 Å². The van der Waals surface area contributed by atoms with E-state index in [0.29, 0.717) is 5.56 Å². The third-order valence-corrected chi connectivity index (χ3v) is 4.37. The first-order chi connectivity index (χ1) is 13.9. The fraction of sp³-hybridized carbons (Fsp3) is 0.158. The van der Waals surface area contributed by atoms with Crippen molar-refractivity contribution in [2.75, 3.05) is 14.2 Å². The Bertz CT molecular complexity index is 1020. The number of rotatable bonds is 5. The number of phenols is 1. The van der Waals surface area contributed by atoms with E-state index >= 15 is 0 Å². The molecule has 29 heavy (non-hydrogen) atoms. The standard InChI is InChI=1S/C19H17N3O7/c1-28-13-9-11(8-12(17(13)23)22(26)27)16-14(18(24)29-2)15(20-19(25)21-16)10-6-4-3-5-7-10/h3-9,16,23H,1-2H3,(H2,20,21,25). The summed E-state index contributed by atoms with van der Waals surface area (Å²) in [6.07, 6.45) is 0. The molecule has 0 spiro atoms. The number of nitrogens with zero attached hydrogens (tertiary/aromatic N) is 1. The number of amides is 2. The Morgan fingerprint density at radius 1 is 1.21 bits per heavy atom. The number of carbonyl (C=O) groups excluding carboxylic acids is 2. The average molecular weight is 399 g/mol. The van der Waals surface area contributed by atoms with Gasteiger partial charge in [-0.05, 0) is 17.2 Å². The van der Waals surface area contributed by atoms with Crippen LogP contribution in [0.4, 0.5) is 10.5 Å². The summed E-state index contributed by atoms with van der Waals surface area (Å²) in [5.41, 5.74) is 0.335. The van der Waals surface area contributed by atoms with Crippen LogP contribution in [0, 0.1) is 10.1 Å². The number of hydrogen-bond donors (Lipinski definition) is 3. The van der Waals surface area contributed by atoms with Crippen LogP contribution in [0.25, 0.3) is 5.70 Å². The van der Waals surface area contributed by atoms with E-state index in [2.05, 4.69) is 10.6 Å². The van der Waals surface area contributed by atoms with E-state index in [1.807, 2.05) is 0 Å². The predicted molar refractivity (Wildman–Crippen MR) is 101 cm³/mol. The van der Waals surface area contributed by atoms with Crippen molar-refractivity contribution >= 4 is 23.4 Å². The Labute approximate surface area is 164 Å². The number of carbonyl (C=O) groups is 2. The van der Waals surface area contributed by atoms with Gasteiger partial charge in [0, 0.05) is 6.07 Å². The maximum absolute atomic E-state index is 12.6. The molecule has 0 aliphatic carbocycles. The SMILES string of the molecule is COC(=O)C1=C(c2ccccc2)NC(=O)NC1c1cc(OC)c(O)c([N+](=O)[O-])c1. The molecule has 0 saturated carbocycles. The van der Waals surface area contributed by atoms with Gasteiger partial charge >= 0.3 is 17.7 Å². The number of urea groups is 1. The van der Waals surface area contributed by atoms with Crippen molar-refractivity contribution in [3.63, 3.8) is 0 Å². The largest absolute Gasteiger partial charge is 0.500 e. The van der Waals surface area contributed by atoms with Gasteiger partial charge in [0.1, 0.15) is 0 Å². The lowest BCUT2D eigenvalue weighted by Gasteiger charge is -2.29. The first kappa shape index (κ1) is 19.7. The minimum absolute atomic E-state index is 0.0420. The quantitative estimate of drug-likeness (QED) is 0.398. The predicted octanol–water partition coefficient (Wildman–Crippen LogP) is 2.25. The Hall–Kier alpha value is -4.08. The molecule has 1 atom stereocenters. The summed E-state index contributed by atoms with van der Waals surface area (Å²) >= 11 is 0. The minimum atomic E-state index is -1.08. The van der Waals surface area contributed by atoms with Crippen LogP contribution in [0.1, 0.15) is 17.2 Å². The van der Waals surface area contributed by atoms with Gasteiger partial charge < -0.3 is 25.2 Å². The third kappa shape index (κ3) is 3.68. The second-order valence-corrected chi connectivity index (χ2v) is 6.03. The fourth-order valence-electron chi connectivity index (χ4n) is 3.05. The highest BCUT2D eigenvalue weighted by Crippen LogP contribution is 2.41. The van der Waals surface area contributed by atoms with Gasteiger partial charge in [0.15, 0.2) is 5.75 Å². The summed E-state index contributed by atoms with van der Waals surface area (Å²) in [5.74, 6) is -1.57. The first-order valence-electron chi connectivity index (χ1n) is 8.38. The van der Waals surface area contributed by atoms with E-state index in [0.717, 1.165) is 6.07 Å². The summed E-state index contributed by atoms with van der Waals surface area (Å²) in [4.78, 5) is 35.4. The molecule has 1 unspecified atom stereocenters. The first-order valence-corrected chi connectivity index (χ1v) is 8.38. The van der Waals surface area contributed by atoms with E-state index in [1.54, 1.807) is 30.3 Å². The lowest BCUT2D eigenvalue weighted by Crippen LogP contribution is -2.45. The molecule has 0 radical (unpaired) electrons. The van der Waals surface area contributed by atoms with Crippen LogP contribution < -0.4 is 15.4 Å². The number of nitro groups is 1. The van der Waals surface area contributed by atoms with Crippen LogP contribution in [0.5, 0.6) is 11.5 Å². The molecule has 2 aromatic rings. The summed E-state index contributed by atoms with van der Waals surface area (Å²) in [5, 5.41) is 26.5. The number of hydrogen-bond acceptors (Lipinski definition) is 7. The molecule has 3 rings (SSSR count). The molecule has 10 heteroatoms. The molecular formula is C19H17N3O7. The number of benzene rings is 2. The van der Waals surface area contributed by atoms with Crippen LogP contribution in [0.15, 0.2) is 48.0 Å². The number of aromatic hydroxyl groups is 1. The third-order valence-electron chi connectivity index (χ3n) is 4.37. The summed E-state index contributed by atoms with van der Waals surface area (Å²) in [6, 6.07) is 9.31. The number of esters is 1. The van der Waals surface area contributed by atoms with Gasteiger partial charge in [-0.3, -0.25) is 10.1 Å². The zero-order chi connectivity index (χ0) is 21.1. The van der Waals surface area contributed by atoms with Crippen LogP contribution in [0.2, 0.25) is 0 Å². The molecule has 0 saturated heterocycles. The van der Waals surface area contributed by atoms with Gasteiger partial charge in [0.05, 0.1) is 36.5 Å². The topological polar surface area (TPSA) is 140 Å². The molecular weight excluding hydrogens is 382 g/mol. The highest BCUT2D eigenvalue weighted by molar-refractivity contribution is 6.04. The number of ether oxygens (including phenoxy) is 2. The van der Waals surface area contributed by atoms with E-state index in [-0.39, 0.29) is 22.6 Å². The Morgan fingerprint density at radius 3 is 2.48 bits per heavy atom. The van der Waals surface area contributed by atoms with Gasteiger partial charge in [-0.15, -0.1) is 0 Å². The lowest BCUT2D eigenvalue weighted by atomic mass is 9.92. The monoisotopic (exact) mass is 399 g/mol. The molecule has 2 amide bonds. The number of nitrogens with one attached hydrogen (secondary N) is 2. The van der Waals surface area contributed by atoms with Gasteiger partial charge in [-0.1, -0.05) is 30.3 Å². The maximum atomic E-state index is 12.6. The smallest absolute Gasteiger partial charge is 0.338 e. The molecule has 1 aliphatic heterocycles. The second-order valence-electron chi connectivity index (χ2n) is 6.03. The summed E-state index contributed by atoms with van der Waals surface area (Å²) < 4.78 is 9.90. The molecule has 0 fully saturated rings. The zero-order valence-electron chi connectivity index (χ0n) is 15.5. The Balaban J connectivity index is 2.27. The molecule has 2 aromatic carbocycles. The van der Waals surface area contributed by atoms with E-state index in [1.165, 1.54) is 20.3 Å². The molecule has 1 aliphatic rings. The van der Waals surface area contributed by atoms with Crippen molar-refractivity contribution in [2.24, 2.45) is 0 Å². The van der Waals surface area contributed by atoms with Crippen LogP contribution in [-0.4, -0.2) is 36.2 Å². The molecule has 0 aromatic heterocycles. The number of phenolic OH excluding ortho intramolecular Hbond substituents is 1. The number of nitro benzene ring substituents is 1. The van der Waals surface area contributed by atoms with Crippen molar-refractivity contribution in [3.05, 3.63) is 69.3 Å². The molecule has 3 N–H and O–H groups in total. The normalized spacial score (nSPS) is 15.9. The minimum Gasteiger partial charge on any atom is -0.500 e. The van der Waals surface area contributed by atoms with Gasteiger partial charge in [0.2, 0.25) is 5.75 Å². The van der Waals surface area contributed by atoms with E-state index in [4.69, 9.17) is 9.47 Å². The van der Waals surface area contributed by atoms with E-state index in [9.17, 15) is 24.8 Å². The lowest BCUT2D eigenvalue weighted by molar-refractivity contribution is -0.386. The highest BCUT2D eigenvalue weighted by Gasteiger charge is 2.36.